The van der Waals surface area contributed by atoms with Crippen molar-refractivity contribution in [2.24, 2.45) is 5.92 Å². The van der Waals surface area contributed by atoms with Crippen molar-refractivity contribution in [3.8, 4) is 0 Å². The van der Waals surface area contributed by atoms with Crippen LogP contribution in [0.3, 0.4) is 0 Å². The molecule has 0 aliphatic carbocycles. The highest BCUT2D eigenvalue weighted by Gasteiger charge is 2.06. The van der Waals surface area contributed by atoms with Gasteiger partial charge in [0.15, 0.2) is 5.82 Å². The van der Waals surface area contributed by atoms with Crippen LogP contribution in [0.4, 0.5) is 5.82 Å². The summed E-state index contributed by atoms with van der Waals surface area (Å²) in [5, 5.41) is 2.92. The maximum absolute atomic E-state index is 11.9. The molecule has 0 spiro atoms. The van der Waals surface area contributed by atoms with Crippen LogP contribution in [0.1, 0.15) is 20.8 Å². The molecule has 4 nitrogen and oxygen atoms in total. The molecule has 0 saturated carbocycles. The molecule has 1 rings (SSSR count). The minimum absolute atomic E-state index is 0.0278. The molecule has 1 heterocycles. The van der Waals surface area contributed by atoms with Crippen molar-refractivity contribution in [3.63, 3.8) is 0 Å². The van der Waals surface area contributed by atoms with Crippen LogP contribution in [0.25, 0.3) is 0 Å². The topological polar surface area (TPSA) is 46.9 Å². The van der Waals surface area contributed by atoms with E-state index in [9.17, 15) is 4.79 Å². The molecule has 16 heavy (non-hydrogen) atoms. The van der Waals surface area contributed by atoms with E-state index < -0.39 is 0 Å². The lowest BCUT2D eigenvalue weighted by Gasteiger charge is -2.11. The number of halogens is 1. The van der Waals surface area contributed by atoms with Gasteiger partial charge in [0.1, 0.15) is 0 Å². The Morgan fingerprint density at radius 2 is 2.19 bits per heavy atom. The second-order valence-electron chi connectivity index (χ2n) is 4.29. The number of nitrogens with one attached hydrogen (secondary N) is 1. The van der Waals surface area contributed by atoms with Crippen LogP contribution in [0, 0.1) is 5.92 Å². The second kappa shape index (κ2) is 5.89. The minimum atomic E-state index is -0.0893. The summed E-state index contributed by atoms with van der Waals surface area (Å²) in [5.41, 5.74) is -0.0893. The smallest absolute Gasteiger partial charge is 0.293 e. The summed E-state index contributed by atoms with van der Waals surface area (Å²) >= 11 is 5.80. The Kier molecular flexibility index (Phi) is 4.80. The number of anilines is 1. The molecule has 0 aliphatic rings. The van der Waals surface area contributed by atoms with E-state index in [1.54, 1.807) is 17.0 Å². The zero-order chi connectivity index (χ0) is 12.1. The highest BCUT2D eigenvalue weighted by Crippen LogP contribution is 2.00. The first-order valence-electron chi connectivity index (χ1n) is 5.44. The van der Waals surface area contributed by atoms with Crippen LogP contribution in [0.15, 0.2) is 17.2 Å². The quantitative estimate of drug-likeness (QED) is 0.804. The molecule has 0 aromatic carbocycles. The van der Waals surface area contributed by atoms with Crippen LogP contribution in [-0.4, -0.2) is 21.5 Å². The molecule has 1 aromatic heterocycles. The van der Waals surface area contributed by atoms with E-state index in [-0.39, 0.29) is 10.9 Å². The Labute approximate surface area is 101 Å². The lowest BCUT2D eigenvalue weighted by atomic mass is 10.2. The Hall–Kier alpha value is -1.03. The van der Waals surface area contributed by atoms with Gasteiger partial charge >= 0.3 is 0 Å². The number of rotatable bonds is 5. The van der Waals surface area contributed by atoms with E-state index in [0.29, 0.717) is 24.8 Å². The monoisotopic (exact) mass is 243 g/mol. The molecule has 1 unspecified atom stereocenters. The normalized spacial score (nSPS) is 12.8. The van der Waals surface area contributed by atoms with Crippen molar-refractivity contribution >= 4 is 17.4 Å². The summed E-state index contributed by atoms with van der Waals surface area (Å²) in [5.74, 6) is 0.801. The first kappa shape index (κ1) is 13.0. The number of hydrogen-bond donors (Lipinski definition) is 1. The van der Waals surface area contributed by atoms with Gasteiger partial charge in [0.05, 0.1) is 0 Å². The van der Waals surface area contributed by atoms with E-state index in [1.165, 1.54) is 0 Å². The average molecular weight is 244 g/mol. The van der Waals surface area contributed by atoms with E-state index in [2.05, 4.69) is 24.1 Å². The van der Waals surface area contributed by atoms with Crippen molar-refractivity contribution in [1.29, 1.82) is 0 Å². The van der Waals surface area contributed by atoms with Gasteiger partial charge in [-0.25, -0.2) is 4.98 Å². The molecule has 0 saturated heterocycles. The Morgan fingerprint density at radius 3 is 2.75 bits per heavy atom. The highest BCUT2D eigenvalue weighted by molar-refractivity contribution is 6.20. The molecular formula is C11H18ClN3O. The molecule has 5 heteroatoms. The first-order valence-corrected chi connectivity index (χ1v) is 5.87. The highest BCUT2D eigenvalue weighted by atomic mass is 35.5. The molecule has 0 amide bonds. The van der Waals surface area contributed by atoms with E-state index >= 15 is 0 Å². The SMILES string of the molecule is CC(C)Cn1ccnc(NCC(C)Cl)c1=O. The van der Waals surface area contributed by atoms with Crippen LogP contribution < -0.4 is 10.9 Å². The predicted molar refractivity (Wildman–Crippen MR) is 67.1 cm³/mol. The van der Waals surface area contributed by atoms with E-state index in [4.69, 9.17) is 11.6 Å². The zero-order valence-corrected chi connectivity index (χ0v) is 10.7. The van der Waals surface area contributed by atoms with Gasteiger partial charge in [-0.3, -0.25) is 4.79 Å². The van der Waals surface area contributed by atoms with Gasteiger partial charge in [-0.1, -0.05) is 13.8 Å². The van der Waals surface area contributed by atoms with Crippen LogP contribution in [-0.2, 0) is 6.54 Å². The van der Waals surface area contributed by atoms with Crippen molar-refractivity contribution in [3.05, 3.63) is 22.7 Å². The van der Waals surface area contributed by atoms with E-state index in [0.717, 1.165) is 0 Å². The van der Waals surface area contributed by atoms with Gasteiger partial charge < -0.3 is 9.88 Å². The maximum atomic E-state index is 11.9. The number of alkyl halides is 1. The van der Waals surface area contributed by atoms with Gasteiger partial charge in [0.25, 0.3) is 5.56 Å². The predicted octanol–water partition coefficient (Wildman–Crippen LogP) is 1.94. The summed E-state index contributed by atoms with van der Waals surface area (Å²) < 4.78 is 1.67. The summed E-state index contributed by atoms with van der Waals surface area (Å²) in [6.45, 7) is 7.24. The van der Waals surface area contributed by atoms with Crippen LogP contribution >= 0.6 is 11.6 Å². The fraction of sp³-hybridized carbons (Fsp3) is 0.636. The largest absolute Gasteiger partial charge is 0.364 e. The summed E-state index contributed by atoms with van der Waals surface area (Å²) in [6, 6.07) is 0. The fourth-order valence-corrected chi connectivity index (χ4v) is 1.42. The Bertz CT molecular complexity index is 387. The van der Waals surface area contributed by atoms with Crippen LogP contribution in [0.2, 0.25) is 0 Å². The third kappa shape index (κ3) is 3.85. The molecule has 0 aliphatic heterocycles. The summed E-state index contributed by atoms with van der Waals surface area (Å²) in [4.78, 5) is 15.9. The molecule has 0 fully saturated rings. The maximum Gasteiger partial charge on any atom is 0.293 e. The molecule has 0 bridgehead atoms. The summed E-state index contributed by atoms with van der Waals surface area (Å²) in [7, 11) is 0. The van der Waals surface area contributed by atoms with Crippen molar-refractivity contribution in [2.75, 3.05) is 11.9 Å². The number of aromatic nitrogens is 2. The van der Waals surface area contributed by atoms with Crippen molar-refractivity contribution in [1.82, 2.24) is 9.55 Å². The molecule has 90 valence electrons. The van der Waals surface area contributed by atoms with Gasteiger partial charge in [0, 0.05) is 30.9 Å². The fourth-order valence-electron chi connectivity index (χ4n) is 1.34. The third-order valence-corrected chi connectivity index (χ3v) is 2.18. The zero-order valence-electron chi connectivity index (χ0n) is 9.90. The van der Waals surface area contributed by atoms with Gasteiger partial charge in [-0.05, 0) is 12.8 Å². The average Bonchev–Trinajstić information content (AvgIpc) is 2.18. The third-order valence-electron chi connectivity index (χ3n) is 2.03. The number of hydrogen-bond acceptors (Lipinski definition) is 3. The van der Waals surface area contributed by atoms with Gasteiger partial charge in [-0.15, -0.1) is 11.6 Å². The standard InChI is InChI=1S/C11H18ClN3O/c1-8(2)7-15-5-4-13-10(11(15)16)14-6-9(3)12/h4-5,8-9H,6-7H2,1-3H3,(H,13,14). The Morgan fingerprint density at radius 1 is 1.50 bits per heavy atom. The first-order chi connectivity index (χ1) is 7.50. The van der Waals surface area contributed by atoms with Gasteiger partial charge in [0.2, 0.25) is 0 Å². The van der Waals surface area contributed by atoms with Gasteiger partial charge in [-0.2, -0.15) is 0 Å². The number of nitrogens with zero attached hydrogens (tertiary/aromatic N) is 2. The minimum Gasteiger partial charge on any atom is -0.364 e. The second-order valence-corrected chi connectivity index (χ2v) is 5.03. The summed E-state index contributed by atoms with van der Waals surface area (Å²) in [6.07, 6.45) is 3.34. The van der Waals surface area contributed by atoms with E-state index in [1.807, 2.05) is 6.92 Å². The molecule has 1 atom stereocenters. The van der Waals surface area contributed by atoms with Crippen molar-refractivity contribution < 1.29 is 0 Å². The molecule has 1 N–H and O–H groups in total. The van der Waals surface area contributed by atoms with Crippen LogP contribution in [0.5, 0.6) is 0 Å². The molecular weight excluding hydrogens is 226 g/mol. The molecule has 1 aromatic rings. The lowest BCUT2D eigenvalue weighted by Crippen LogP contribution is -2.27. The molecule has 0 radical (unpaired) electrons. The lowest BCUT2D eigenvalue weighted by molar-refractivity contribution is 0.509. The Balaban J connectivity index is 2.82. The van der Waals surface area contributed by atoms with Crippen molar-refractivity contribution in [2.45, 2.75) is 32.7 Å².